The summed E-state index contributed by atoms with van der Waals surface area (Å²) in [5.41, 5.74) is 0.994. The topological polar surface area (TPSA) is 81.0 Å². The summed E-state index contributed by atoms with van der Waals surface area (Å²) in [6.07, 6.45) is 2.77. The van der Waals surface area contributed by atoms with Gasteiger partial charge in [0.2, 0.25) is 10.0 Å². The molecule has 33 heavy (non-hydrogen) atoms. The SMILES string of the molecule is COCCn1c(=NC(=O)c2ccc(S(=O)(=O)N3CCCCC3)cc2)sc2ccc(Cl)c(Cl)c21. The molecule has 0 saturated carbocycles. The summed E-state index contributed by atoms with van der Waals surface area (Å²) in [6.45, 7) is 1.89. The maximum Gasteiger partial charge on any atom is 0.279 e. The van der Waals surface area contributed by atoms with Crippen LogP contribution in [0, 0.1) is 0 Å². The summed E-state index contributed by atoms with van der Waals surface area (Å²) in [6, 6.07) is 9.47. The van der Waals surface area contributed by atoms with Crippen molar-refractivity contribution in [1.82, 2.24) is 8.87 Å². The molecule has 0 radical (unpaired) electrons. The molecule has 1 aliphatic rings. The molecule has 2 aromatic carbocycles. The minimum atomic E-state index is -3.56. The molecule has 0 aliphatic carbocycles. The second-order valence-electron chi connectivity index (χ2n) is 7.64. The Morgan fingerprint density at radius 3 is 2.45 bits per heavy atom. The smallest absolute Gasteiger partial charge is 0.279 e. The van der Waals surface area contributed by atoms with Gasteiger partial charge in [-0.3, -0.25) is 4.79 Å². The number of methoxy groups -OCH3 is 1. The van der Waals surface area contributed by atoms with Gasteiger partial charge in [-0.25, -0.2) is 8.42 Å². The van der Waals surface area contributed by atoms with Gasteiger partial charge in [-0.1, -0.05) is 41.0 Å². The van der Waals surface area contributed by atoms with Gasteiger partial charge in [0.05, 0.1) is 31.8 Å². The van der Waals surface area contributed by atoms with Crippen molar-refractivity contribution >= 4 is 60.7 Å². The lowest BCUT2D eigenvalue weighted by molar-refractivity contribution is 0.0997. The van der Waals surface area contributed by atoms with E-state index in [0.29, 0.717) is 52.2 Å². The number of benzene rings is 2. The molecule has 0 spiro atoms. The lowest BCUT2D eigenvalue weighted by atomic mass is 10.2. The van der Waals surface area contributed by atoms with E-state index in [1.165, 1.54) is 39.9 Å². The fraction of sp³-hybridized carbons (Fsp3) is 0.364. The number of nitrogens with zero attached hydrogens (tertiary/aromatic N) is 3. The maximum atomic E-state index is 12.9. The van der Waals surface area contributed by atoms with Crippen LogP contribution in [0.15, 0.2) is 46.3 Å². The summed E-state index contributed by atoms with van der Waals surface area (Å²) >= 11 is 13.9. The van der Waals surface area contributed by atoms with Gasteiger partial charge in [-0.2, -0.15) is 9.30 Å². The molecular weight excluding hydrogens is 505 g/mol. The van der Waals surface area contributed by atoms with E-state index in [1.54, 1.807) is 13.2 Å². The summed E-state index contributed by atoms with van der Waals surface area (Å²) < 4.78 is 35.0. The molecule has 4 rings (SSSR count). The predicted octanol–water partition coefficient (Wildman–Crippen LogP) is 4.57. The third kappa shape index (κ3) is 5.03. The molecule has 1 aliphatic heterocycles. The molecule has 2 heterocycles. The highest BCUT2D eigenvalue weighted by Crippen LogP contribution is 2.32. The van der Waals surface area contributed by atoms with Gasteiger partial charge in [-0.05, 0) is 49.2 Å². The number of carbonyl (C=O) groups is 1. The van der Waals surface area contributed by atoms with Crippen LogP contribution in [0.5, 0.6) is 0 Å². The quantitative estimate of drug-likeness (QED) is 0.470. The number of fused-ring (bicyclic) bond motifs is 1. The van der Waals surface area contributed by atoms with Crippen LogP contribution in [0.25, 0.3) is 10.2 Å². The molecule has 11 heteroatoms. The van der Waals surface area contributed by atoms with E-state index in [1.807, 2.05) is 10.6 Å². The van der Waals surface area contributed by atoms with Crippen molar-refractivity contribution in [3.05, 3.63) is 56.8 Å². The van der Waals surface area contributed by atoms with Crippen LogP contribution < -0.4 is 4.80 Å². The molecule has 0 unspecified atom stereocenters. The zero-order chi connectivity index (χ0) is 23.6. The highest BCUT2D eigenvalue weighted by atomic mass is 35.5. The summed E-state index contributed by atoms with van der Waals surface area (Å²) in [4.78, 5) is 17.8. The van der Waals surface area contributed by atoms with Crippen LogP contribution in [0.2, 0.25) is 10.0 Å². The number of hydrogen-bond donors (Lipinski definition) is 0. The number of sulfonamides is 1. The molecule has 3 aromatic rings. The minimum absolute atomic E-state index is 0.180. The fourth-order valence-corrected chi connectivity index (χ4v) is 6.81. The van der Waals surface area contributed by atoms with Crippen molar-refractivity contribution in [3.8, 4) is 0 Å². The van der Waals surface area contributed by atoms with Gasteiger partial charge in [0.1, 0.15) is 0 Å². The van der Waals surface area contributed by atoms with Gasteiger partial charge in [0.15, 0.2) is 4.80 Å². The average molecular weight is 528 g/mol. The van der Waals surface area contributed by atoms with E-state index in [2.05, 4.69) is 4.99 Å². The first-order chi connectivity index (χ1) is 15.8. The number of rotatable bonds is 6. The van der Waals surface area contributed by atoms with Crippen molar-refractivity contribution in [2.75, 3.05) is 26.8 Å². The van der Waals surface area contributed by atoms with Crippen molar-refractivity contribution in [3.63, 3.8) is 0 Å². The molecule has 0 atom stereocenters. The zero-order valence-corrected chi connectivity index (χ0v) is 21.1. The third-order valence-corrected chi connectivity index (χ3v) is 9.26. The van der Waals surface area contributed by atoms with Crippen LogP contribution in [0.1, 0.15) is 29.6 Å². The number of halogens is 2. The Balaban J connectivity index is 1.67. The van der Waals surface area contributed by atoms with Gasteiger partial charge in [-0.15, -0.1) is 0 Å². The molecule has 0 N–H and O–H groups in total. The highest BCUT2D eigenvalue weighted by molar-refractivity contribution is 7.89. The first-order valence-electron chi connectivity index (χ1n) is 10.5. The molecular formula is C22H23Cl2N3O4S2. The van der Waals surface area contributed by atoms with Crippen molar-refractivity contribution < 1.29 is 17.9 Å². The number of ether oxygens (including phenoxy) is 1. The second-order valence-corrected chi connectivity index (χ2v) is 11.4. The van der Waals surface area contributed by atoms with Crippen LogP contribution in [-0.4, -0.2) is 50.0 Å². The number of thiazole rings is 1. The second kappa shape index (κ2) is 10.2. The van der Waals surface area contributed by atoms with E-state index in [-0.39, 0.29) is 4.90 Å². The molecule has 1 fully saturated rings. The summed E-state index contributed by atoms with van der Waals surface area (Å²) in [5.74, 6) is -0.475. The average Bonchev–Trinajstić information content (AvgIpc) is 3.18. The van der Waals surface area contributed by atoms with Crippen LogP contribution in [-0.2, 0) is 21.3 Å². The lowest BCUT2D eigenvalue weighted by Crippen LogP contribution is -2.35. The Morgan fingerprint density at radius 2 is 1.79 bits per heavy atom. The largest absolute Gasteiger partial charge is 0.383 e. The van der Waals surface area contributed by atoms with Crippen LogP contribution in [0.4, 0.5) is 0 Å². The summed E-state index contributed by atoms with van der Waals surface area (Å²) in [5, 5.41) is 0.805. The van der Waals surface area contributed by atoms with E-state index >= 15 is 0 Å². The molecule has 1 amide bonds. The number of carbonyl (C=O) groups excluding carboxylic acids is 1. The van der Waals surface area contributed by atoms with E-state index < -0.39 is 15.9 Å². The lowest BCUT2D eigenvalue weighted by Gasteiger charge is -2.25. The molecule has 1 saturated heterocycles. The van der Waals surface area contributed by atoms with Gasteiger partial charge >= 0.3 is 0 Å². The van der Waals surface area contributed by atoms with Crippen LogP contribution in [0.3, 0.4) is 0 Å². The van der Waals surface area contributed by atoms with Crippen LogP contribution >= 0.6 is 34.5 Å². The maximum absolute atomic E-state index is 12.9. The van der Waals surface area contributed by atoms with Crippen molar-refractivity contribution in [1.29, 1.82) is 0 Å². The Morgan fingerprint density at radius 1 is 1.09 bits per heavy atom. The Kier molecular flexibility index (Phi) is 7.57. The standard InChI is InChI=1S/C22H23Cl2N3O4S2/c1-31-14-13-27-20-18(10-9-17(23)19(20)24)32-22(27)25-21(28)15-5-7-16(8-6-15)33(29,30)26-11-3-2-4-12-26/h5-10H,2-4,11-14H2,1H3. The zero-order valence-electron chi connectivity index (χ0n) is 18.0. The molecule has 176 valence electrons. The number of piperidine rings is 1. The Labute approximate surface area is 206 Å². The first-order valence-corrected chi connectivity index (χ1v) is 13.5. The van der Waals surface area contributed by atoms with E-state index in [4.69, 9.17) is 27.9 Å². The normalized spacial score (nSPS) is 15.9. The monoisotopic (exact) mass is 527 g/mol. The van der Waals surface area contributed by atoms with E-state index in [9.17, 15) is 13.2 Å². The Hall–Kier alpha value is -1.75. The number of hydrogen-bond acceptors (Lipinski definition) is 5. The highest BCUT2D eigenvalue weighted by Gasteiger charge is 2.26. The van der Waals surface area contributed by atoms with Gasteiger partial charge in [0, 0.05) is 32.3 Å². The molecule has 7 nitrogen and oxygen atoms in total. The molecule has 0 bridgehead atoms. The number of aromatic nitrogens is 1. The predicted molar refractivity (Wildman–Crippen MR) is 131 cm³/mol. The molecule has 1 aromatic heterocycles. The van der Waals surface area contributed by atoms with Crippen molar-refractivity contribution in [2.45, 2.75) is 30.7 Å². The van der Waals surface area contributed by atoms with Crippen molar-refractivity contribution in [2.24, 2.45) is 4.99 Å². The number of amides is 1. The third-order valence-electron chi connectivity index (χ3n) is 5.50. The Bertz CT molecular complexity index is 1340. The minimum Gasteiger partial charge on any atom is -0.383 e. The summed E-state index contributed by atoms with van der Waals surface area (Å²) in [7, 11) is -1.97. The first kappa shape index (κ1) is 24.4. The van der Waals surface area contributed by atoms with Gasteiger partial charge < -0.3 is 9.30 Å². The van der Waals surface area contributed by atoms with E-state index in [0.717, 1.165) is 24.0 Å². The fourth-order valence-electron chi connectivity index (χ4n) is 3.75. The van der Waals surface area contributed by atoms with Gasteiger partial charge in [0.25, 0.3) is 5.91 Å².